The molecule has 154 valence electrons. The molecule has 2 aromatic rings. The first-order valence-corrected chi connectivity index (χ1v) is 10.5. The minimum atomic E-state index is 0.00561. The Balaban J connectivity index is 1.29. The lowest BCUT2D eigenvalue weighted by Gasteiger charge is -2.34. The first-order valence-electron chi connectivity index (χ1n) is 10.5. The van der Waals surface area contributed by atoms with Crippen molar-refractivity contribution in [2.24, 2.45) is 0 Å². The van der Waals surface area contributed by atoms with Crippen LogP contribution >= 0.6 is 0 Å². The van der Waals surface area contributed by atoms with Crippen molar-refractivity contribution in [1.82, 2.24) is 15.1 Å². The fraction of sp³-hybridized carbons (Fsp3) is 0.417. The summed E-state index contributed by atoms with van der Waals surface area (Å²) in [4.78, 5) is 28.7. The van der Waals surface area contributed by atoms with Crippen molar-refractivity contribution in [3.8, 4) is 0 Å². The molecule has 1 aliphatic rings. The first-order chi connectivity index (χ1) is 14.1. The molecule has 3 rings (SSSR count). The second kappa shape index (κ2) is 10.8. The summed E-state index contributed by atoms with van der Waals surface area (Å²) in [6.07, 6.45) is 1.55. The molecule has 0 atom stereocenters. The third-order valence-corrected chi connectivity index (χ3v) is 5.40. The predicted octanol–water partition coefficient (Wildman–Crippen LogP) is 2.78. The zero-order chi connectivity index (χ0) is 20.5. The highest BCUT2D eigenvalue weighted by Gasteiger charge is 2.20. The Kier molecular flexibility index (Phi) is 7.82. The summed E-state index contributed by atoms with van der Waals surface area (Å²) < 4.78 is 0. The summed E-state index contributed by atoms with van der Waals surface area (Å²) in [5.41, 5.74) is 3.69. The van der Waals surface area contributed by atoms with Crippen LogP contribution in [0.5, 0.6) is 0 Å². The normalized spacial score (nSPS) is 14.6. The van der Waals surface area contributed by atoms with Gasteiger partial charge in [0.2, 0.25) is 11.8 Å². The SMILES string of the molecule is Cc1ccc(CCC(=O)NCCC(=O)N2CCN(Cc3ccccc3)CC2)cc1. The van der Waals surface area contributed by atoms with Crippen LogP contribution in [-0.4, -0.2) is 54.3 Å². The van der Waals surface area contributed by atoms with Crippen LogP contribution in [0.25, 0.3) is 0 Å². The Morgan fingerprint density at radius 3 is 2.24 bits per heavy atom. The molecule has 29 heavy (non-hydrogen) atoms. The van der Waals surface area contributed by atoms with Gasteiger partial charge in [0.1, 0.15) is 0 Å². The molecular formula is C24H31N3O2. The number of rotatable bonds is 8. The Morgan fingerprint density at radius 1 is 0.862 bits per heavy atom. The molecule has 0 radical (unpaired) electrons. The van der Waals surface area contributed by atoms with Crippen molar-refractivity contribution in [1.29, 1.82) is 0 Å². The van der Waals surface area contributed by atoms with Gasteiger partial charge in [-0.2, -0.15) is 0 Å². The molecule has 5 nitrogen and oxygen atoms in total. The molecule has 0 unspecified atom stereocenters. The van der Waals surface area contributed by atoms with E-state index in [2.05, 4.69) is 65.7 Å². The van der Waals surface area contributed by atoms with Crippen LogP contribution in [0.3, 0.4) is 0 Å². The maximum absolute atomic E-state index is 12.4. The van der Waals surface area contributed by atoms with E-state index in [1.165, 1.54) is 11.1 Å². The van der Waals surface area contributed by atoms with Crippen LogP contribution in [0.15, 0.2) is 54.6 Å². The van der Waals surface area contributed by atoms with E-state index in [1.807, 2.05) is 11.0 Å². The number of benzene rings is 2. The molecule has 1 saturated heterocycles. The van der Waals surface area contributed by atoms with E-state index in [1.54, 1.807) is 0 Å². The van der Waals surface area contributed by atoms with Gasteiger partial charge >= 0.3 is 0 Å². The highest BCUT2D eigenvalue weighted by atomic mass is 16.2. The number of hydrogen-bond donors (Lipinski definition) is 1. The van der Waals surface area contributed by atoms with Crippen LogP contribution in [0, 0.1) is 6.92 Å². The van der Waals surface area contributed by atoms with Crippen LogP contribution < -0.4 is 5.32 Å². The smallest absolute Gasteiger partial charge is 0.224 e. The van der Waals surface area contributed by atoms with E-state index in [0.29, 0.717) is 19.4 Å². The predicted molar refractivity (Wildman–Crippen MR) is 115 cm³/mol. The minimum Gasteiger partial charge on any atom is -0.356 e. The highest BCUT2D eigenvalue weighted by molar-refractivity contribution is 5.79. The molecule has 2 aromatic carbocycles. The van der Waals surface area contributed by atoms with Gasteiger partial charge in [0.05, 0.1) is 0 Å². The average Bonchev–Trinajstić information content (AvgIpc) is 2.74. The van der Waals surface area contributed by atoms with Crippen molar-refractivity contribution in [3.63, 3.8) is 0 Å². The molecule has 0 bridgehead atoms. The first kappa shape index (κ1) is 21.1. The topological polar surface area (TPSA) is 52.7 Å². The lowest BCUT2D eigenvalue weighted by Crippen LogP contribution is -2.48. The van der Waals surface area contributed by atoms with E-state index in [4.69, 9.17) is 0 Å². The summed E-state index contributed by atoms with van der Waals surface area (Å²) in [5, 5.41) is 2.88. The Hall–Kier alpha value is -2.66. The number of hydrogen-bond acceptors (Lipinski definition) is 3. The van der Waals surface area contributed by atoms with Crippen molar-refractivity contribution >= 4 is 11.8 Å². The number of nitrogens with one attached hydrogen (secondary N) is 1. The molecule has 0 spiro atoms. The maximum Gasteiger partial charge on any atom is 0.224 e. The van der Waals surface area contributed by atoms with Gasteiger partial charge in [-0.05, 0) is 24.5 Å². The summed E-state index contributed by atoms with van der Waals surface area (Å²) in [7, 11) is 0. The molecule has 0 saturated carbocycles. The number of aryl methyl sites for hydroxylation is 2. The quantitative estimate of drug-likeness (QED) is 0.750. The van der Waals surface area contributed by atoms with E-state index in [9.17, 15) is 9.59 Å². The minimum absolute atomic E-state index is 0.00561. The third-order valence-electron chi connectivity index (χ3n) is 5.40. The molecule has 2 amide bonds. The van der Waals surface area contributed by atoms with Gasteiger partial charge in [-0.25, -0.2) is 0 Å². The van der Waals surface area contributed by atoms with E-state index < -0.39 is 0 Å². The van der Waals surface area contributed by atoms with Gasteiger partial charge in [0, 0.05) is 52.1 Å². The van der Waals surface area contributed by atoms with Gasteiger partial charge in [0.15, 0.2) is 0 Å². The largest absolute Gasteiger partial charge is 0.356 e. The van der Waals surface area contributed by atoms with E-state index in [-0.39, 0.29) is 11.8 Å². The summed E-state index contributed by atoms with van der Waals surface area (Å²) in [6, 6.07) is 18.7. The average molecular weight is 394 g/mol. The second-order valence-corrected chi connectivity index (χ2v) is 7.73. The van der Waals surface area contributed by atoms with Crippen LogP contribution in [0.1, 0.15) is 29.5 Å². The maximum atomic E-state index is 12.4. The molecular weight excluding hydrogens is 362 g/mol. The number of carbonyl (C=O) groups excluding carboxylic acids is 2. The highest BCUT2D eigenvalue weighted by Crippen LogP contribution is 2.09. The Labute approximate surface area is 173 Å². The molecule has 0 aliphatic carbocycles. The van der Waals surface area contributed by atoms with Crippen LogP contribution in [0.4, 0.5) is 0 Å². The Morgan fingerprint density at radius 2 is 1.55 bits per heavy atom. The van der Waals surface area contributed by atoms with Gasteiger partial charge in [-0.3, -0.25) is 14.5 Å². The fourth-order valence-electron chi connectivity index (χ4n) is 3.56. The number of amides is 2. The van der Waals surface area contributed by atoms with E-state index in [0.717, 1.165) is 44.7 Å². The molecule has 1 N–H and O–H groups in total. The number of piperazine rings is 1. The Bertz CT molecular complexity index is 782. The molecule has 0 aromatic heterocycles. The third kappa shape index (κ3) is 7.02. The van der Waals surface area contributed by atoms with Gasteiger partial charge < -0.3 is 10.2 Å². The van der Waals surface area contributed by atoms with Crippen LogP contribution in [0.2, 0.25) is 0 Å². The lowest BCUT2D eigenvalue weighted by atomic mass is 10.1. The summed E-state index contributed by atoms with van der Waals surface area (Å²) >= 11 is 0. The summed E-state index contributed by atoms with van der Waals surface area (Å²) in [5.74, 6) is 0.134. The zero-order valence-corrected chi connectivity index (χ0v) is 17.3. The monoisotopic (exact) mass is 393 g/mol. The van der Waals surface area contributed by atoms with Gasteiger partial charge in [0.25, 0.3) is 0 Å². The van der Waals surface area contributed by atoms with Crippen molar-refractivity contribution in [2.75, 3.05) is 32.7 Å². The van der Waals surface area contributed by atoms with Crippen LogP contribution in [-0.2, 0) is 22.6 Å². The van der Waals surface area contributed by atoms with Crippen molar-refractivity contribution < 1.29 is 9.59 Å². The van der Waals surface area contributed by atoms with Gasteiger partial charge in [-0.1, -0.05) is 60.2 Å². The standard InChI is InChI=1S/C24H31N3O2/c1-20-7-9-21(10-8-20)11-12-23(28)25-14-13-24(29)27-17-15-26(16-18-27)19-22-5-3-2-4-6-22/h2-10H,11-19H2,1H3,(H,25,28). The molecule has 5 heteroatoms. The fourth-order valence-corrected chi connectivity index (χ4v) is 3.56. The molecule has 1 fully saturated rings. The lowest BCUT2D eigenvalue weighted by molar-refractivity contribution is -0.133. The van der Waals surface area contributed by atoms with E-state index >= 15 is 0 Å². The summed E-state index contributed by atoms with van der Waals surface area (Å²) in [6.45, 7) is 6.69. The second-order valence-electron chi connectivity index (χ2n) is 7.73. The zero-order valence-electron chi connectivity index (χ0n) is 17.3. The van der Waals surface area contributed by atoms with Crippen molar-refractivity contribution in [3.05, 3.63) is 71.3 Å². The number of nitrogens with zero attached hydrogens (tertiary/aromatic N) is 2. The molecule has 1 heterocycles. The van der Waals surface area contributed by atoms with Crippen molar-refractivity contribution in [2.45, 2.75) is 32.7 Å². The number of carbonyl (C=O) groups is 2. The molecule has 1 aliphatic heterocycles. The van der Waals surface area contributed by atoms with Gasteiger partial charge in [-0.15, -0.1) is 0 Å².